The molecule has 0 spiro atoms. The number of aromatic nitrogens is 3. The highest BCUT2D eigenvalue weighted by atomic mass is 19.1. The Balaban J connectivity index is 2.37. The minimum absolute atomic E-state index is 0.0464. The van der Waals surface area contributed by atoms with Gasteiger partial charge in [0.25, 0.3) is 0 Å². The number of carbonyl (C=O) groups excluding carboxylic acids is 1. The second-order valence-corrected chi connectivity index (χ2v) is 3.82. The number of halogens is 1. The Labute approximate surface area is 114 Å². The van der Waals surface area contributed by atoms with Crippen LogP contribution < -0.4 is 4.74 Å². The largest absolute Gasteiger partial charge is 0.494 e. The third-order valence-corrected chi connectivity index (χ3v) is 2.52. The molecule has 20 heavy (non-hydrogen) atoms. The van der Waals surface area contributed by atoms with Crippen LogP contribution in [0.25, 0.3) is 11.3 Å². The van der Waals surface area contributed by atoms with Crippen LogP contribution in [0.4, 0.5) is 4.39 Å². The lowest BCUT2D eigenvalue weighted by atomic mass is 10.1. The molecule has 0 aliphatic heterocycles. The minimum atomic E-state index is -0.649. The maximum atomic E-state index is 14.1. The number of esters is 1. The summed E-state index contributed by atoms with van der Waals surface area (Å²) in [6.07, 6.45) is 0. The number of carbonyl (C=O) groups is 1. The van der Waals surface area contributed by atoms with E-state index in [2.05, 4.69) is 15.4 Å². The summed E-state index contributed by atoms with van der Waals surface area (Å²) in [5.41, 5.74) is 0.226. The van der Waals surface area contributed by atoms with Gasteiger partial charge in [0.05, 0.1) is 13.2 Å². The predicted molar refractivity (Wildman–Crippen MR) is 68.9 cm³/mol. The number of H-pyrrole nitrogens is 1. The molecule has 7 heteroatoms. The number of hydrogen-bond donors (Lipinski definition) is 1. The van der Waals surface area contributed by atoms with Gasteiger partial charge in [-0.2, -0.15) is 10.3 Å². The summed E-state index contributed by atoms with van der Waals surface area (Å²) in [7, 11) is 0. The van der Waals surface area contributed by atoms with Crippen LogP contribution in [0.2, 0.25) is 0 Å². The average Bonchev–Trinajstić information content (AvgIpc) is 2.88. The molecule has 0 fully saturated rings. The zero-order valence-electron chi connectivity index (χ0n) is 11.1. The van der Waals surface area contributed by atoms with Crippen molar-refractivity contribution < 1.29 is 18.7 Å². The molecule has 0 saturated heterocycles. The van der Waals surface area contributed by atoms with Crippen molar-refractivity contribution >= 4 is 5.97 Å². The van der Waals surface area contributed by atoms with Gasteiger partial charge in [0.1, 0.15) is 17.3 Å². The maximum Gasteiger partial charge on any atom is 0.361 e. The van der Waals surface area contributed by atoms with Crippen molar-refractivity contribution in [3.05, 3.63) is 29.7 Å². The lowest BCUT2D eigenvalue weighted by Crippen LogP contribution is -2.07. The topological polar surface area (TPSA) is 77.1 Å². The Morgan fingerprint density at radius 2 is 2.10 bits per heavy atom. The third kappa shape index (κ3) is 2.76. The average molecular weight is 279 g/mol. The number of nitrogens with zero attached hydrogens (tertiary/aromatic N) is 2. The Morgan fingerprint density at radius 1 is 1.30 bits per heavy atom. The van der Waals surface area contributed by atoms with Gasteiger partial charge in [0.15, 0.2) is 5.69 Å². The van der Waals surface area contributed by atoms with E-state index < -0.39 is 11.8 Å². The van der Waals surface area contributed by atoms with Crippen LogP contribution in [0.5, 0.6) is 5.75 Å². The van der Waals surface area contributed by atoms with Crippen LogP contribution in [0, 0.1) is 5.82 Å². The van der Waals surface area contributed by atoms with Gasteiger partial charge in [-0.1, -0.05) is 0 Å². The SMILES string of the molecule is CCOC(=O)c1n[nH]nc1-c1ccc(OCC)cc1F. The summed E-state index contributed by atoms with van der Waals surface area (Å²) in [5, 5.41) is 9.82. The molecule has 1 aromatic carbocycles. The number of ether oxygens (including phenoxy) is 2. The number of rotatable bonds is 5. The summed E-state index contributed by atoms with van der Waals surface area (Å²) in [5.74, 6) is -0.783. The van der Waals surface area contributed by atoms with Crippen molar-refractivity contribution in [2.24, 2.45) is 0 Å². The molecule has 1 aromatic heterocycles. The van der Waals surface area contributed by atoms with Crippen LogP contribution in [-0.4, -0.2) is 34.6 Å². The number of aromatic amines is 1. The van der Waals surface area contributed by atoms with E-state index in [9.17, 15) is 9.18 Å². The fraction of sp³-hybridized carbons (Fsp3) is 0.308. The zero-order chi connectivity index (χ0) is 14.5. The molecule has 1 heterocycles. The molecule has 0 bridgehead atoms. The highest BCUT2D eigenvalue weighted by molar-refractivity contribution is 5.93. The highest BCUT2D eigenvalue weighted by Gasteiger charge is 2.21. The van der Waals surface area contributed by atoms with E-state index in [1.165, 1.54) is 12.1 Å². The van der Waals surface area contributed by atoms with Gasteiger partial charge < -0.3 is 9.47 Å². The number of nitrogens with one attached hydrogen (secondary N) is 1. The molecule has 0 aliphatic rings. The summed E-state index contributed by atoms with van der Waals surface area (Å²) >= 11 is 0. The molecule has 0 amide bonds. The minimum Gasteiger partial charge on any atom is -0.494 e. The first kappa shape index (κ1) is 14.0. The van der Waals surface area contributed by atoms with Crippen molar-refractivity contribution in [1.29, 1.82) is 0 Å². The van der Waals surface area contributed by atoms with E-state index in [-0.39, 0.29) is 23.6 Å². The van der Waals surface area contributed by atoms with Gasteiger partial charge in [-0.15, -0.1) is 5.10 Å². The van der Waals surface area contributed by atoms with Gasteiger partial charge in [-0.25, -0.2) is 9.18 Å². The normalized spacial score (nSPS) is 10.3. The second-order valence-electron chi connectivity index (χ2n) is 3.82. The monoisotopic (exact) mass is 279 g/mol. The Kier molecular flexibility index (Phi) is 4.29. The molecule has 0 saturated carbocycles. The molecule has 1 N–H and O–H groups in total. The van der Waals surface area contributed by atoms with E-state index in [0.29, 0.717) is 12.4 Å². The molecule has 2 rings (SSSR count). The summed E-state index contributed by atoms with van der Waals surface area (Å²) in [6.45, 7) is 4.13. The van der Waals surface area contributed by atoms with Crippen molar-refractivity contribution in [3.63, 3.8) is 0 Å². The van der Waals surface area contributed by atoms with Gasteiger partial charge >= 0.3 is 5.97 Å². The lowest BCUT2D eigenvalue weighted by Gasteiger charge is -2.06. The summed E-state index contributed by atoms with van der Waals surface area (Å²) in [4.78, 5) is 11.7. The highest BCUT2D eigenvalue weighted by Crippen LogP contribution is 2.26. The predicted octanol–water partition coefficient (Wildman–Crippen LogP) is 2.19. The zero-order valence-corrected chi connectivity index (χ0v) is 11.1. The number of benzene rings is 1. The molecule has 2 aromatic rings. The fourth-order valence-electron chi connectivity index (χ4n) is 1.70. The molecule has 0 radical (unpaired) electrons. The molecular weight excluding hydrogens is 265 g/mol. The van der Waals surface area contributed by atoms with Crippen molar-refractivity contribution in [3.8, 4) is 17.0 Å². The Bertz CT molecular complexity index is 613. The smallest absolute Gasteiger partial charge is 0.361 e. The van der Waals surface area contributed by atoms with Crippen LogP contribution >= 0.6 is 0 Å². The van der Waals surface area contributed by atoms with Gasteiger partial charge in [-0.3, -0.25) is 0 Å². The summed E-state index contributed by atoms with van der Waals surface area (Å²) in [6, 6.07) is 4.33. The third-order valence-electron chi connectivity index (χ3n) is 2.52. The molecular formula is C13H14FN3O3. The van der Waals surface area contributed by atoms with E-state index in [1.54, 1.807) is 13.0 Å². The number of hydrogen-bond acceptors (Lipinski definition) is 5. The quantitative estimate of drug-likeness (QED) is 0.849. The van der Waals surface area contributed by atoms with E-state index in [1.807, 2.05) is 6.92 Å². The molecule has 106 valence electrons. The fourth-order valence-corrected chi connectivity index (χ4v) is 1.70. The first-order valence-corrected chi connectivity index (χ1v) is 6.18. The van der Waals surface area contributed by atoms with Crippen molar-refractivity contribution in [2.45, 2.75) is 13.8 Å². The van der Waals surface area contributed by atoms with E-state index >= 15 is 0 Å². The molecule has 6 nitrogen and oxygen atoms in total. The second kappa shape index (κ2) is 6.14. The molecule has 0 aliphatic carbocycles. The van der Waals surface area contributed by atoms with Gasteiger partial charge in [0, 0.05) is 11.6 Å². The van der Waals surface area contributed by atoms with Crippen LogP contribution in [0.1, 0.15) is 24.3 Å². The van der Waals surface area contributed by atoms with Crippen LogP contribution in [0.3, 0.4) is 0 Å². The standard InChI is InChI=1S/C13H14FN3O3/c1-3-19-8-5-6-9(10(14)7-8)11-12(16-17-15-11)13(18)20-4-2/h5-7H,3-4H2,1-2H3,(H,15,16,17). The lowest BCUT2D eigenvalue weighted by molar-refractivity contribution is 0.0520. The first-order valence-electron chi connectivity index (χ1n) is 6.18. The molecule has 0 unspecified atom stereocenters. The van der Waals surface area contributed by atoms with Crippen molar-refractivity contribution in [1.82, 2.24) is 15.4 Å². The Hall–Kier alpha value is -2.44. The van der Waals surface area contributed by atoms with Gasteiger partial charge in [-0.05, 0) is 26.0 Å². The van der Waals surface area contributed by atoms with Crippen LogP contribution in [0.15, 0.2) is 18.2 Å². The molecule has 0 atom stereocenters. The van der Waals surface area contributed by atoms with E-state index in [0.717, 1.165) is 0 Å². The van der Waals surface area contributed by atoms with E-state index in [4.69, 9.17) is 9.47 Å². The maximum absolute atomic E-state index is 14.1. The van der Waals surface area contributed by atoms with Crippen LogP contribution in [-0.2, 0) is 4.74 Å². The van der Waals surface area contributed by atoms with Gasteiger partial charge in [0.2, 0.25) is 0 Å². The summed E-state index contributed by atoms with van der Waals surface area (Å²) < 4.78 is 24.1. The first-order chi connectivity index (χ1) is 9.67. The Morgan fingerprint density at radius 3 is 2.75 bits per heavy atom. The van der Waals surface area contributed by atoms with Crippen molar-refractivity contribution in [2.75, 3.05) is 13.2 Å².